The van der Waals surface area contributed by atoms with Crippen molar-refractivity contribution in [3.63, 3.8) is 0 Å². The van der Waals surface area contributed by atoms with Crippen molar-refractivity contribution in [2.24, 2.45) is 5.92 Å². The van der Waals surface area contributed by atoms with E-state index in [1.165, 1.54) is 0 Å². The molecule has 1 aromatic rings. The average molecular weight is 295 g/mol. The summed E-state index contributed by atoms with van der Waals surface area (Å²) < 4.78 is 7.67. The minimum Gasteiger partial charge on any atom is -0.378 e. The molecule has 1 fully saturated rings. The number of rotatable bonds is 7. The molecular weight excluding hydrogens is 266 g/mol. The molecule has 0 spiro atoms. The number of aromatic nitrogens is 3. The van der Waals surface area contributed by atoms with Gasteiger partial charge in [0.2, 0.25) is 0 Å². The highest BCUT2D eigenvalue weighted by molar-refractivity contribution is 4.89. The second-order valence-corrected chi connectivity index (χ2v) is 6.51. The van der Waals surface area contributed by atoms with Gasteiger partial charge in [0.15, 0.2) is 0 Å². The minimum atomic E-state index is 0.408. The van der Waals surface area contributed by atoms with Crippen molar-refractivity contribution >= 4 is 0 Å². The van der Waals surface area contributed by atoms with Crippen molar-refractivity contribution in [2.75, 3.05) is 26.3 Å². The number of hydrogen-bond acceptors (Lipinski definition) is 5. The van der Waals surface area contributed by atoms with E-state index in [0.29, 0.717) is 18.0 Å². The highest BCUT2D eigenvalue weighted by Gasteiger charge is 2.24. The summed E-state index contributed by atoms with van der Waals surface area (Å²) >= 11 is 0. The van der Waals surface area contributed by atoms with Crippen LogP contribution in [0.3, 0.4) is 0 Å². The van der Waals surface area contributed by atoms with Gasteiger partial charge in [0.25, 0.3) is 0 Å². The lowest BCUT2D eigenvalue weighted by Crippen LogP contribution is -2.51. The molecule has 2 heterocycles. The second-order valence-electron chi connectivity index (χ2n) is 6.51. The smallest absolute Gasteiger partial charge is 0.141 e. The molecule has 1 aliphatic rings. The zero-order valence-electron chi connectivity index (χ0n) is 13.7. The Hall–Kier alpha value is -0.980. The number of hydrogen-bond donors (Lipinski definition) is 1. The number of nitrogens with zero attached hydrogens (tertiary/aromatic N) is 4. The molecule has 1 N–H and O–H groups in total. The monoisotopic (exact) mass is 295 g/mol. The molecule has 1 atom stereocenters. The first-order valence-corrected chi connectivity index (χ1v) is 7.98. The molecule has 1 aliphatic heterocycles. The van der Waals surface area contributed by atoms with Gasteiger partial charge < -0.3 is 10.1 Å². The van der Waals surface area contributed by atoms with Crippen molar-refractivity contribution < 1.29 is 4.74 Å². The molecule has 0 bridgehead atoms. The zero-order valence-corrected chi connectivity index (χ0v) is 13.7. The molecule has 0 radical (unpaired) electrons. The Kier molecular flexibility index (Phi) is 6.14. The first kappa shape index (κ1) is 16.4. The Morgan fingerprint density at radius 3 is 2.90 bits per heavy atom. The highest BCUT2D eigenvalue weighted by Crippen LogP contribution is 2.11. The third-order valence-electron chi connectivity index (χ3n) is 3.69. The van der Waals surface area contributed by atoms with Gasteiger partial charge in [-0.05, 0) is 5.92 Å². The molecule has 1 unspecified atom stereocenters. The molecule has 0 aliphatic carbocycles. The lowest BCUT2D eigenvalue weighted by atomic mass is 10.2. The maximum Gasteiger partial charge on any atom is 0.141 e. The van der Waals surface area contributed by atoms with E-state index in [1.54, 1.807) is 6.33 Å². The fraction of sp³-hybridized carbons (Fsp3) is 0.867. The Balaban J connectivity index is 1.97. The lowest BCUT2D eigenvalue weighted by Gasteiger charge is -2.35. The molecule has 6 nitrogen and oxygen atoms in total. The first-order valence-electron chi connectivity index (χ1n) is 7.98. The summed E-state index contributed by atoms with van der Waals surface area (Å²) in [7, 11) is 0. The maximum absolute atomic E-state index is 5.63. The summed E-state index contributed by atoms with van der Waals surface area (Å²) in [6.45, 7) is 14.0. The van der Waals surface area contributed by atoms with Gasteiger partial charge in [0.1, 0.15) is 12.2 Å². The molecule has 1 saturated heterocycles. The Morgan fingerprint density at radius 1 is 1.38 bits per heavy atom. The number of nitrogens with one attached hydrogen (secondary N) is 1. The van der Waals surface area contributed by atoms with Crippen LogP contribution in [0.25, 0.3) is 0 Å². The largest absolute Gasteiger partial charge is 0.378 e. The van der Waals surface area contributed by atoms with Gasteiger partial charge in [-0.3, -0.25) is 4.90 Å². The fourth-order valence-electron chi connectivity index (χ4n) is 2.55. The van der Waals surface area contributed by atoms with Crippen LogP contribution in [0.5, 0.6) is 0 Å². The van der Waals surface area contributed by atoms with E-state index in [2.05, 4.69) is 48.0 Å². The third kappa shape index (κ3) is 5.05. The van der Waals surface area contributed by atoms with Gasteiger partial charge in [-0.2, -0.15) is 5.10 Å². The first-order chi connectivity index (χ1) is 10.1. The normalized spacial score (nSPS) is 20.6. The van der Waals surface area contributed by atoms with E-state index in [1.807, 2.05) is 4.68 Å². The number of morpholine rings is 1. The topological polar surface area (TPSA) is 55.2 Å². The van der Waals surface area contributed by atoms with Crippen LogP contribution < -0.4 is 5.32 Å². The van der Waals surface area contributed by atoms with Crippen molar-refractivity contribution in [1.29, 1.82) is 0 Å². The van der Waals surface area contributed by atoms with Gasteiger partial charge in [0, 0.05) is 31.7 Å². The summed E-state index contributed by atoms with van der Waals surface area (Å²) in [6, 6.07) is 0.906. The van der Waals surface area contributed by atoms with Gasteiger partial charge >= 0.3 is 0 Å². The summed E-state index contributed by atoms with van der Waals surface area (Å²) in [5, 5.41) is 7.86. The van der Waals surface area contributed by atoms with Gasteiger partial charge in [0.05, 0.1) is 19.8 Å². The van der Waals surface area contributed by atoms with E-state index in [-0.39, 0.29) is 0 Å². The predicted molar refractivity (Wildman–Crippen MR) is 83.0 cm³/mol. The molecule has 1 aromatic heterocycles. The molecule has 0 saturated carbocycles. The van der Waals surface area contributed by atoms with E-state index in [4.69, 9.17) is 4.74 Å². The average Bonchev–Trinajstić information content (AvgIpc) is 2.84. The highest BCUT2D eigenvalue weighted by atomic mass is 16.5. The minimum absolute atomic E-state index is 0.408. The van der Waals surface area contributed by atoms with Crippen LogP contribution in [0.2, 0.25) is 0 Å². The van der Waals surface area contributed by atoms with Crippen LogP contribution in [0, 0.1) is 5.92 Å². The molecule has 21 heavy (non-hydrogen) atoms. The van der Waals surface area contributed by atoms with Crippen molar-refractivity contribution in [1.82, 2.24) is 25.0 Å². The van der Waals surface area contributed by atoms with Crippen LogP contribution in [0.1, 0.15) is 33.5 Å². The quantitative estimate of drug-likeness (QED) is 0.817. The Labute approximate surface area is 127 Å². The summed E-state index contributed by atoms with van der Waals surface area (Å²) in [6.07, 6.45) is 1.67. The fourth-order valence-corrected chi connectivity index (χ4v) is 2.55. The second kappa shape index (κ2) is 7.87. The van der Waals surface area contributed by atoms with Crippen LogP contribution in [0.15, 0.2) is 6.33 Å². The van der Waals surface area contributed by atoms with E-state index in [9.17, 15) is 0 Å². The van der Waals surface area contributed by atoms with Crippen LogP contribution in [-0.4, -0.2) is 58.1 Å². The van der Waals surface area contributed by atoms with Crippen LogP contribution in [0.4, 0.5) is 0 Å². The standard InChI is InChI=1S/C15H29N5O/c1-12(2)8-20-15(17-11-18-20)9-19-5-6-21-10-14(19)7-16-13(3)4/h11-14,16H,5-10H2,1-4H3. The molecular formula is C15H29N5O. The summed E-state index contributed by atoms with van der Waals surface area (Å²) in [5.41, 5.74) is 0. The van der Waals surface area contributed by atoms with E-state index in [0.717, 1.165) is 45.2 Å². The van der Waals surface area contributed by atoms with Gasteiger partial charge in [-0.1, -0.05) is 27.7 Å². The summed E-state index contributed by atoms with van der Waals surface area (Å²) in [5.74, 6) is 1.63. The molecule has 6 heteroatoms. The predicted octanol–water partition coefficient (Wildman–Crippen LogP) is 1.13. The summed E-state index contributed by atoms with van der Waals surface area (Å²) in [4.78, 5) is 6.90. The molecule has 120 valence electrons. The lowest BCUT2D eigenvalue weighted by molar-refractivity contribution is -0.0132. The van der Waals surface area contributed by atoms with Gasteiger partial charge in [-0.25, -0.2) is 9.67 Å². The molecule has 2 rings (SSSR count). The van der Waals surface area contributed by atoms with E-state index < -0.39 is 0 Å². The van der Waals surface area contributed by atoms with E-state index >= 15 is 0 Å². The Bertz CT molecular complexity index is 418. The van der Waals surface area contributed by atoms with Crippen molar-refractivity contribution in [3.05, 3.63) is 12.2 Å². The molecule has 0 aromatic carbocycles. The Morgan fingerprint density at radius 2 is 2.19 bits per heavy atom. The third-order valence-corrected chi connectivity index (χ3v) is 3.69. The maximum atomic E-state index is 5.63. The molecule has 0 amide bonds. The van der Waals surface area contributed by atoms with Gasteiger partial charge in [-0.15, -0.1) is 0 Å². The number of ether oxygens (including phenoxy) is 1. The van der Waals surface area contributed by atoms with Crippen molar-refractivity contribution in [3.8, 4) is 0 Å². The van der Waals surface area contributed by atoms with Crippen molar-refractivity contribution in [2.45, 2.75) is 52.9 Å². The van der Waals surface area contributed by atoms with Crippen LogP contribution >= 0.6 is 0 Å². The zero-order chi connectivity index (χ0) is 15.2. The SMILES string of the molecule is CC(C)Cn1ncnc1CN1CCOCC1CNC(C)C. The van der Waals surface area contributed by atoms with Crippen LogP contribution in [-0.2, 0) is 17.8 Å².